The van der Waals surface area contributed by atoms with Gasteiger partial charge in [-0.25, -0.2) is 4.79 Å². The summed E-state index contributed by atoms with van der Waals surface area (Å²) in [6.07, 6.45) is 2.74. The molecule has 0 bridgehead atoms. The molecule has 0 aliphatic carbocycles. The molecule has 0 spiro atoms. The molecule has 5 rings (SSSR count). The smallest absolute Gasteiger partial charge is 0.321 e. The lowest BCUT2D eigenvalue weighted by Crippen LogP contribution is -2.36. The zero-order valence-electron chi connectivity index (χ0n) is 26.9. The van der Waals surface area contributed by atoms with Crippen LogP contribution in [-0.2, 0) is 0 Å². The van der Waals surface area contributed by atoms with Gasteiger partial charge in [0.15, 0.2) is 0 Å². The minimum atomic E-state index is -0.305. The van der Waals surface area contributed by atoms with Crippen LogP contribution < -0.4 is 15.4 Å². The van der Waals surface area contributed by atoms with E-state index in [1.54, 1.807) is 26.2 Å². The minimum Gasteiger partial charge on any atom is -0.495 e. The number of likely N-dealkylation sites (tertiary alicyclic amines) is 1. The molecular formula is C37H39Cl2N5O3. The van der Waals surface area contributed by atoms with Gasteiger partial charge < -0.3 is 25.2 Å². The first-order valence-electron chi connectivity index (χ1n) is 15.7. The third-order valence-corrected chi connectivity index (χ3v) is 9.65. The second kappa shape index (κ2) is 15.5. The largest absolute Gasteiger partial charge is 0.495 e. The van der Waals surface area contributed by atoms with Crippen LogP contribution in [0.15, 0.2) is 72.8 Å². The molecule has 10 heteroatoms. The van der Waals surface area contributed by atoms with Crippen molar-refractivity contribution in [3.8, 4) is 11.8 Å². The maximum atomic E-state index is 13.8. The predicted octanol–water partition coefficient (Wildman–Crippen LogP) is 7.90. The number of nitriles is 1. The lowest BCUT2D eigenvalue weighted by molar-refractivity contribution is 0.0948. The Bertz CT molecular complexity index is 1800. The van der Waals surface area contributed by atoms with Crippen molar-refractivity contribution in [1.29, 1.82) is 5.26 Å². The number of fused-ring (bicyclic) bond motifs is 1. The number of halogens is 2. The van der Waals surface area contributed by atoms with E-state index in [0.29, 0.717) is 33.6 Å². The zero-order valence-corrected chi connectivity index (χ0v) is 28.4. The van der Waals surface area contributed by atoms with Gasteiger partial charge in [0, 0.05) is 32.2 Å². The van der Waals surface area contributed by atoms with E-state index in [9.17, 15) is 14.9 Å². The molecule has 244 valence electrons. The Kier molecular flexibility index (Phi) is 11.3. The first-order chi connectivity index (χ1) is 22.7. The van der Waals surface area contributed by atoms with E-state index in [-0.39, 0.29) is 23.6 Å². The molecule has 4 aromatic carbocycles. The Balaban J connectivity index is 1.29. The van der Waals surface area contributed by atoms with Gasteiger partial charge in [-0.05, 0) is 91.0 Å². The summed E-state index contributed by atoms with van der Waals surface area (Å²) in [5.74, 6) is 0.274. The van der Waals surface area contributed by atoms with Crippen molar-refractivity contribution in [3.05, 3.63) is 105 Å². The Morgan fingerprint density at radius 2 is 1.74 bits per heavy atom. The summed E-state index contributed by atoms with van der Waals surface area (Å²) >= 11 is 12.7. The van der Waals surface area contributed by atoms with E-state index in [1.807, 2.05) is 54.6 Å². The number of benzene rings is 4. The second-order valence-electron chi connectivity index (χ2n) is 12.1. The van der Waals surface area contributed by atoms with Gasteiger partial charge in [-0.2, -0.15) is 5.26 Å². The SMILES string of the molecule is COc1c(C#N)cc2ccccc2c1C(=O)NCC(CCN1CCC(c2ccccc2NC(=O)N(C)C)CC1)c1ccc(Cl)c(Cl)c1. The molecule has 0 aromatic heterocycles. The van der Waals surface area contributed by atoms with E-state index in [1.165, 1.54) is 17.6 Å². The summed E-state index contributed by atoms with van der Waals surface area (Å²) in [5.41, 5.74) is 3.68. The van der Waals surface area contributed by atoms with Crippen molar-refractivity contribution in [1.82, 2.24) is 15.1 Å². The number of methoxy groups -OCH3 is 1. The monoisotopic (exact) mass is 671 g/mol. The van der Waals surface area contributed by atoms with Gasteiger partial charge in [0.2, 0.25) is 0 Å². The van der Waals surface area contributed by atoms with Crippen molar-refractivity contribution in [2.24, 2.45) is 0 Å². The van der Waals surface area contributed by atoms with Crippen molar-refractivity contribution in [2.75, 3.05) is 52.7 Å². The number of amides is 3. The summed E-state index contributed by atoms with van der Waals surface area (Å²) < 4.78 is 5.58. The standard InChI is InChI=1S/C37H39Cl2N5O3/c1-43(2)37(46)42-33-11-7-6-9-29(33)24-14-17-44(18-15-24)19-16-27(25-12-13-31(38)32(39)21-25)23-41-36(45)34-30-10-5-4-8-26(30)20-28(22-40)35(34)47-3/h4-13,20-21,24,27H,14-19,23H2,1-3H3,(H,41,45)(H,42,46). The highest BCUT2D eigenvalue weighted by Gasteiger charge is 2.26. The molecule has 4 aromatic rings. The Labute approximate surface area is 286 Å². The molecule has 8 nitrogen and oxygen atoms in total. The summed E-state index contributed by atoms with van der Waals surface area (Å²) in [7, 11) is 4.94. The van der Waals surface area contributed by atoms with E-state index in [2.05, 4.69) is 27.7 Å². The quantitative estimate of drug-likeness (QED) is 0.179. The normalized spacial score (nSPS) is 14.3. The van der Waals surface area contributed by atoms with Crippen molar-refractivity contribution in [2.45, 2.75) is 31.1 Å². The van der Waals surface area contributed by atoms with E-state index in [0.717, 1.165) is 60.9 Å². The molecule has 2 N–H and O–H groups in total. The molecule has 47 heavy (non-hydrogen) atoms. The molecule has 1 aliphatic rings. The van der Waals surface area contributed by atoms with Crippen LogP contribution >= 0.6 is 23.2 Å². The predicted molar refractivity (Wildman–Crippen MR) is 189 cm³/mol. The number of carbonyl (C=O) groups excluding carboxylic acids is 2. The minimum absolute atomic E-state index is 0.0372. The topological polar surface area (TPSA) is 97.7 Å². The van der Waals surface area contributed by atoms with Crippen LogP contribution in [0.1, 0.15) is 58.1 Å². The first-order valence-corrected chi connectivity index (χ1v) is 16.5. The van der Waals surface area contributed by atoms with E-state index >= 15 is 0 Å². The summed E-state index contributed by atoms with van der Waals surface area (Å²) in [6, 6.07) is 24.9. The molecule has 0 saturated carbocycles. The Morgan fingerprint density at radius 3 is 2.45 bits per heavy atom. The van der Waals surface area contributed by atoms with Gasteiger partial charge in [-0.3, -0.25) is 4.79 Å². The molecule has 0 radical (unpaired) electrons. The number of nitrogens with one attached hydrogen (secondary N) is 2. The maximum Gasteiger partial charge on any atom is 0.321 e. The van der Waals surface area contributed by atoms with Gasteiger partial charge in [-0.1, -0.05) is 71.7 Å². The molecule has 1 saturated heterocycles. The van der Waals surface area contributed by atoms with Crippen molar-refractivity contribution < 1.29 is 14.3 Å². The first kappa shape index (κ1) is 34.1. The lowest BCUT2D eigenvalue weighted by atomic mass is 9.87. The van der Waals surface area contributed by atoms with Crippen LogP contribution in [0.2, 0.25) is 10.0 Å². The molecule has 1 atom stereocenters. The van der Waals surface area contributed by atoms with Crippen LogP contribution in [0.3, 0.4) is 0 Å². The third kappa shape index (κ3) is 7.99. The number of hydrogen-bond acceptors (Lipinski definition) is 5. The van der Waals surface area contributed by atoms with Crippen LogP contribution in [0.4, 0.5) is 10.5 Å². The number of urea groups is 1. The van der Waals surface area contributed by atoms with Gasteiger partial charge in [-0.15, -0.1) is 0 Å². The molecule has 3 amide bonds. The van der Waals surface area contributed by atoms with Gasteiger partial charge in [0.1, 0.15) is 11.8 Å². The Morgan fingerprint density at radius 1 is 1.02 bits per heavy atom. The van der Waals surface area contributed by atoms with Crippen LogP contribution in [0.5, 0.6) is 5.75 Å². The number of nitrogens with zero attached hydrogens (tertiary/aromatic N) is 3. The molecule has 1 fully saturated rings. The summed E-state index contributed by atoms with van der Waals surface area (Å²) in [4.78, 5) is 30.1. The van der Waals surface area contributed by atoms with E-state index < -0.39 is 0 Å². The van der Waals surface area contributed by atoms with Crippen LogP contribution in [0, 0.1) is 11.3 Å². The van der Waals surface area contributed by atoms with Crippen LogP contribution in [-0.4, -0.2) is 69.1 Å². The Hall–Kier alpha value is -4.29. The number of para-hydroxylation sites is 1. The number of anilines is 1. The van der Waals surface area contributed by atoms with Crippen molar-refractivity contribution in [3.63, 3.8) is 0 Å². The molecule has 1 aliphatic heterocycles. The number of piperidine rings is 1. The fourth-order valence-corrected chi connectivity index (χ4v) is 6.61. The fourth-order valence-electron chi connectivity index (χ4n) is 6.31. The molecule has 1 heterocycles. The highest BCUT2D eigenvalue weighted by atomic mass is 35.5. The van der Waals surface area contributed by atoms with Crippen LogP contribution in [0.25, 0.3) is 10.8 Å². The zero-order chi connectivity index (χ0) is 33.5. The highest BCUT2D eigenvalue weighted by Crippen LogP contribution is 2.35. The highest BCUT2D eigenvalue weighted by molar-refractivity contribution is 6.42. The fraction of sp³-hybridized carbons (Fsp3) is 0.324. The number of rotatable bonds is 10. The maximum absolute atomic E-state index is 13.8. The second-order valence-corrected chi connectivity index (χ2v) is 12.9. The number of carbonyl (C=O) groups is 2. The number of ether oxygens (including phenoxy) is 1. The average Bonchev–Trinajstić information content (AvgIpc) is 3.09. The van der Waals surface area contributed by atoms with Gasteiger partial charge in [0.05, 0.1) is 28.3 Å². The van der Waals surface area contributed by atoms with Gasteiger partial charge >= 0.3 is 6.03 Å². The lowest BCUT2D eigenvalue weighted by Gasteiger charge is -2.34. The molecular weight excluding hydrogens is 633 g/mol. The third-order valence-electron chi connectivity index (χ3n) is 8.91. The molecule has 1 unspecified atom stereocenters. The summed E-state index contributed by atoms with van der Waals surface area (Å²) in [5, 5.41) is 18.4. The van der Waals surface area contributed by atoms with Gasteiger partial charge in [0.25, 0.3) is 5.91 Å². The number of hydrogen-bond donors (Lipinski definition) is 2. The van der Waals surface area contributed by atoms with Crippen molar-refractivity contribution >= 4 is 51.6 Å². The summed E-state index contributed by atoms with van der Waals surface area (Å²) in [6.45, 7) is 3.04. The van der Waals surface area contributed by atoms with E-state index in [4.69, 9.17) is 27.9 Å². The average molecular weight is 673 g/mol.